The van der Waals surface area contributed by atoms with Gasteiger partial charge in [-0.05, 0) is 39.7 Å². The second-order valence-electron chi connectivity index (χ2n) is 4.55. The summed E-state index contributed by atoms with van der Waals surface area (Å²) in [6.07, 6.45) is 3.20. The minimum atomic E-state index is -0.389. The van der Waals surface area contributed by atoms with Crippen molar-refractivity contribution in [2.75, 3.05) is 20.3 Å². The minimum absolute atomic E-state index is 0.0723. The van der Waals surface area contributed by atoms with Crippen molar-refractivity contribution in [3.63, 3.8) is 0 Å². The Labute approximate surface area is 91.8 Å². The summed E-state index contributed by atoms with van der Waals surface area (Å²) in [5, 5.41) is 6.25. The molecule has 0 aromatic carbocycles. The van der Waals surface area contributed by atoms with E-state index in [9.17, 15) is 4.79 Å². The molecule has 1 aliphatic heterocycles. The average Bonchev–Trinajstić information content (AvgIpc) is 2.19. The summed E-state index contributed by atoms with van der Waals surface area (Å²) >= 11 is 0. The molecule has 0 aromatic heterocycles. The van der Waals surface area contributed by atoms with Crippen molar-refractivity contribution in [1.82, 2.24) is 10.6 Å². The van der Waals surface area contributed by atoms with E-state index >= 15 is 0 Å². The Morgan fingerprint density at radius 2 is 2.33 bits per heavy atom. The molecule has 1 rings (SSSR count). The van der Waals surface area contributed by atoms with Crippen LogP contribution in [0.4, 0.5) is 0 Å². The van der Waals surface area contributed by atoms with Crippen LogP contribution in [-0.4, -0.2) is 37.7 Å². The van der Waals surface area contributed by atoms with Crippen LogP contribution >= 0.6 is 0 Å². The molecule has 2 unspecified atom stereocenters. The lowest BCUT2D eigenvalue weighted by molar-refractivity contribution is -0.128. The highest BCUT2D eigenvalue weighted by molar-refractivity contribution is 5.86. The second-order valence-corrected chi connectivity index (χ2v) is 4.55. The lowest BCUT2D eigenvalue weighted by Gasteiger charge is -2.34. The molecule has 0 radical (unpaired) electrons. The fourth-order valence-corrected chi connectivity index (χ4v) is 1.92. The fourth-order valence-electron chi connectivity index (χ4n) is 1.92. The largest absolute Gasteiger partial charge is 0.383 e. The molecular weight excluding hydrogens is 192 g/mol. The van der Waals surface area contributed by atoms with Crippen LogP contribution in [0.3, 0.4) is 0 Å². The van der Waals surface area contributed by atoms with Crippen LogP contribution in [0.1, 0.15) is 33.1 Å². The molecule has 88 valence electrons. The van der Waals surface area contributed by atoms with Gasteiger partial charge >= 0.3 is 0 Å². The first-order chi connectivity index (χ1) is 7.08. The van der Waals surface area contributed by atoms with E-state index in [2.05, 4.69) is 10.6 Å². The van der Waals surface area contributed by atoms with Crippen LogP contribution in [0.5, 0.6) is 0 Å². The summed E-state index contributed by atoms with van der Waals surface area (Å²) in [5.41, 5.74) is -0.389. The normalized spacial score (nSPS) is 28.5. The number of piperidine rings is 1. The molecule has 15 heavy (non-hydrogen) atoms. The highest BCUT2D eigenvalue weighted by Gasteiger charge is 2.34. The Balaban J connectivity index is 2.44. The van der Waals surface area contributed by atoms with E-state index < -0.39 is 0 Å². The van der Waals surface area contributed by atoms with Gasteiger partial charge in [0.1, 0.15) is 0 Å². The van der Waals surface area contributed by atoms with Crippen molar-refractivity contribution in [3.05, 3.63) is 0 Å². The average molecular weight is 214 g/mol. The van der Waals surface area contributed by atoms with Gasteiger partial charge < -0.3 is 15.4 Å². The highest BCUT2D eigenvalue weighted by Crippen LogP contribution is 2.18. The van der Waals surface area contributed by atoms with E-state index in [0.29, 0.717) is 6.61 Å². The molecule has 1 saturated heterocycles. The Morgan fingerprint density at radius 1 is 1.60 bits per heavy atom. The van der Waals surface area contributed by atoms with E-state index in [4.69, 9.17) is 4.74 Å². The summed E-state index contributed by atoms with van der Waals surface area (Å²) in [6, 6.07) is 0.0723. The first kappa shape index (κ1) is 12.5. The van der Waals surface area contributed by atoms with Gasteiger partial charge in [-0.1, -0.05) is 0 Å². The third-order valence-corrected chi connectivity index (χ3v) is 2.91. The number of methoxy groups -OCH3 is 1. The molecule has 1 aliphatic rings. The molecule has 0 aliphatic carbocycles. The molecule has 4 heteroatoms. The molecular formula is C11H22N2O2. The molecule has 0 bridgehead atoms. The van der Waals surface area contributed by atoms with Crippen molar-refractivity contribution >= 4 is 5.91 Å². The second kappa shape index (κ2) is 5.47. The van der Waals surface area contributed by atoms with Crippen LogP contribution in [0.2, 0.25) is 0 Å². The topological polar surface area (TPSA) is 50.4 Å². The number of ether oxygens (including phenoxy) is 1. The van der Waals surface area contributed by atoms with E-state index in [0.717, 1.165) is 25.8 Å². The fraction of sp³-hybridized carbons (Fsp3) is 0.909. The van der Waals surface area contributed by atoms with E-state index in [-0.39, 0.29) is 17.5 Å². The monoisotopic (exact) mass is 214 g/mol. The third kappa shape index (κ3) is 3.47. The quantitative estimate of drug-likeness (QED) is 0.723. The van der Waals surface area contributed by atoms with Crippen molar-refractivity contribution in [1.29, 1.82) is 0 Å². The van der Waals surface area contributed by atoms with Crippen LogP contribution in [0.15, 0.2) is 0 Å². The van der Waals surface area contributed by atoms with E-state index in [1.165, 1.54) is 0 Å². The number of carbonyl (C=O) groups excluding carboxylic acids is 1. The maximum atomic E-state index is 12.0. The van der Waals surface area contributed by atoms with Crippen molar-refractivity contribution < 1.29 is 9.53 Å². The highest BCUT2D eigenvalue weighted by atomic mass is 16.5. The number of rotatable bonds is 4. The first-order valence-corrected chi connectivity index (χ1v) is 5.63. The summed E-state index contributed by atoms with van der Waals surface area (Å²) in [7, 11) is 1.64. The minimum Gasteiger partial charge on any atom is -0.383 e. The number of hydrogen-bond donors (Lipinski definition) is 2. The summed E-state index contributed by atoms with van der Waals surface area (Å²) in [5.74, 6) is 0.0896. The maximum Gasteiger partial charge on any atom is 0.240 e. The zero-order chi connectivity index (χ0) is 11.3. The summed E-state index contributed by atoms with van der Waals surface area (Å²) in [6.45, 7) is 5.42. The molecule has 0 saturated carbocycles. The molecule has 1 fully saturated rings. The van der Waals surface area contributed by atoms with Crippen LogP contribution in [-0.2, 0) is 9.53 Å². The Bertz CT molecular complexity index is 213. The van der Waals surface area contributed by atoms with Gasteiger partial charge in [0.15, 0.2) is 0 Å². The van der Waals surface area contributed by atoms with Gasteiger partial charge in [0.05, 0.1) is 12.1 Å². The predicted molar refractivity (Wildman–Crippen MR) is 59.7 cm³/mol. The SMILES string of the molecule is COCC(C)NC(=O)C1(C)CCCCN1. The lowest BCUT2D eigenvalue weighted by atomic mass is 9.90. The zero-order valence-electron chi connectivity index (χ0n) is 9.93. The smallest absolute Gasteiger partial charge is 0.240 e. The first-order valence-electron chi connectivity index (χ1n) is 5.63. The van der Waals surface area contributed by atoms with Gasteiger partial charge in [-0.15, -0.1) is 0 Å². The number of nitrogens with one attached hydrogen (secondary N) is 2. The molecule has 1 amide bonds. The van der Waals surface area contributed by atoms with Gasteiger partial charge in [0.2, 0.25) is 5.91 Å². The molecule has 2 N–H and O–H groups in total. The third-order valence-electron chi connectivity index (χ3n) is 2.91. The summed E-state index contributed by atoms with van der Waals surface area (Å²) in [4.78, 5) is 12.0. The summed E-state index contributed by atoms with van der Waals surface area (Å²) < 4.78 is 4.99. The van der Waals surface area contributed by atoms with E-state index in [1.807, 2.05) is 13.8 Å². The zero-order valence-corrected chi connectivity index (χ0v) is 9.93. The van der Waals surface area contributed by atoms with Crippen molar-refractivity contribution in [2.24, 2.45) is 0 Å². The van der Waals surface area contributed by atoms with Gasteiger partial charge in [0.25, 0.3) is 0 Å². The predicted octanol–water partition coefficient (Wildman–Crippen LogP) is 0.670. The van der Waals surface area contributed by atoms with Gasteiger partial charge in [-0.25, -0.2) is 0 Å². The van der Waals surface area contributed by atoms with Crippen molar-refractivity contribution in [2.45, 2.75) is 44.7 Å². The molecule has 1 heterocycles. The van der Waals surface area contributed by atoms with Gasteiger partial charge in [-0.2, -0.15) is 0 Å². The van der Waals surface area contributed by atoms with Crippen molar-refractivity contribution in [3.8, 4) is 0 Å². The number of carbonyl (C=O) groups is 1. The Hall–Kier alpha value is -0.610. The van der Waals surface area contributed by atoms with Gasteiger partial charge in [-0.3, -0.25) is 4.79 Å². The van der Waals surface area contributed by atoms with E-state index in [1.54, 1.807) is 7.11 Å². The Morgan fingerprint density at radius 3 is 2.87 bits per heavy atom. The van der Waals surface area contributed by atoms with Gasteiger partial charge in [0, 0.05) is 13.2 Å². The maximum absolute atomic E-state index is 12.0. The van der Waals surface area contributed by atoms with Crippen LogP contribution in [0.25, 0.3) is 0 Å². The standard InChI is InChI=1S/C11H22N2O2/c1-9(8-15-3)13-10(14)11(2)6-4-5-7-12-11/h9,12H,4-8H2,1-3H3,(H,13,14). The lowest BCUT2D eigenvalue weighted by Crippen LogP contribution is -2.58. The molecule has 4 nitrogen and oxygen atoms in total. The number of hydrogen-bond acceptors (Lipinski definition) is 3. The number of amides is 1. The van der Waals surface area contributed by atoms with Crippen LogP contribution in [0, 0.1) is 0 Å². The Kier molecular flexibility index (Phi) is 4.54. The van der Waals surface area contributed by atoms with Crippen LogP contribution < -0.4 is 10.6 Å². The molecule has 2 atom stereocenters. The molecule has 0 aromatic rings. The molecule has 0 spiro atoms.